The summed E-state index contributed by atoms with van der Waals surface area (Å²) in [6, 6.07) is 8.65. The molecule has 0 saturated carbocycles. The molecule has 2 heterocycles. The fourth-order valence-corrected chi connectivity index (χ4v) is 2.52. The first-order valence-electron chi connectivity index (χ1n) is 8.40. The van der Waals surface area contributed by atoms with Crippen molar-refractivity contribution in [1.82, 2.24) is 9.38 Å². The van der Waals surface area contributed by atoms with Gasteiger partial charge in [0.15, 0.2) is 5.82 Å². The van der Waals surface area contributed by atoms with Crippen molar-refractivity contribution in [3.8, 4) is 0 Å². The summed E-state index contributed by atoms with van der Waals surface area (Å²) in [6.45, 7) is 5.27. The number of nitro benzene ring substituents is 1. The van der Waals surface area contributed by atoms with Gasteiger partial charge in [-0.3, -0.25) is 24.6 Å². The van der Waals surface area contributed by atoms with E-state index in [1.54, 1.807) is 39.1 Å². The number of hydrogen-bond acceptors (Lipinski definition) is 6. The van der Waals surface area contributed by atoms with E-state index >= 15 is 0 Å². The monoisotopic (exact) mass is 382 g/mol. The van der Waals surface area contributed by atoms with Crippen molar-refractivity contribution in [2.75, 3.05) is 5.32 Å². The minimum absolute atomic E-state index is 0.103. The predicted octanol–water partition coefficient (Wildman–Crippen LogP) is 3.82. The molecule has 3 rings (SSSR count). The van der Waals surface area contributed by atoms with E-state index in [1.807, 2.05) is 0 Å². The molecule has 0 saturated heterocycles. The van der Waals surface area contributed by atoms with Crippen LogP contribution in [0.1, 0.15) is 37.0 Å². The molecule has 0 spiro atoms. The number of aromatic nitrogens is 2. The van der Waals surface area contributed by atoms with Crippen molar-refractivity contribution in [3.05, 3.63) is 70.3 Å². The molecule has 2 aromatic heterocycles. The number of ether oxygens (including phenoxy) is 1. The second-order valence-corrected chi connectivity index (χ2v) is 7.05. The summed E-state index contributed by atoms with van der Waals surface area (Å²) in [7, 11) is 0. The third-order valence-corrected chi connectivity index (χ3v) is 3.72. The molecule has 9 heteroatoms. The molecule has 0 aliphatic carbocycles. The minimum Gasteiger partial charge on any atom is -0.444 e. The van der Waals surface area contributed by atoms with Crippen molar-refractivity contribution in [2.24, 2.45) is 0 Å². The second-order valence-electron chi connectivity index (χ2n) is 7.05. The van der Waals surface area contributed by atoms with Crippen LogP contribution in [0, 0.1) is 10.1 Å². The molecule has 1 amide bonds. The number of imidazole rings is 1. The van der Waals surface area contributed by atoms with Gasteiger partial charge < -0.3 is 4.74 Å². The van der Waals surface area contributed by atoms with Crippen LogP contribution in [-0.2, 0) is 4.74 Å². The van der Waals surface area contributed by atoms with Gasteiger partial charge in [-0.15, -0.1) is 0 Å². The first-order valence-corrected chi connectivity index (χ1v) is 8.40. The SMILES string of the molecule is CC(C)(C)OC(=O)Nc1ccc2cnc(C(=O)c3ccc([N+](=O)[O-])cc3)n2c1. The highest BCUT2D eigenvalue weighted by atomic mass is 16.6. The van der Waals surface area contributed by atoms with Crippen LogP contribution in [-0.4, -0.2) is 31.8 Å². The number of nitrogens with one attached hydrogen (secondary N) is 1. The largest absolute Gasteiger partial charge is 0.444 e. The van der Waals surface area contributed by atoms with Crippen LogP contribution in [0.3, 0.4) is 0 Å². The molecule has 0 aliphatic heterocycles. The van der Waals surface area contributed by atoms with Crippen LogP contribution in [0.4, 0.5) is 16.2 Å². The molecule has 28 heavy (non-hydrogen) atoms. The lowest BCUT2D eigenvalue weighted by Crippen LogP contribution is -2.27. The number of carbonyl (C=O) groups excluding carboxylic acids is 2. The molecule has 0 atom stereocenters. The van der Waals surface area contributed by atoms with Crippen LogP contribution in [0.2, 0.25) is 0 Å². The van der Waals surface area contributed by atoms with E-state index in [4.69, 9.17) is 4.74 Å². The van der Waals surface area contributed by atoms with Crippen molar-refractivity contribution >= 4 is 28.8 Å². The number of anilines is 1. The number of amides is 1. The molecule has 0 unspecified atom stereocenters. The fraction of sp³-hybridized carbons (Fsp3) is 0.211. The Labute approximate surface area is 160 Å². The first kappa shape index (κ1) is 19.0. The van der Waals surface area contributed by atoms with Crippen LogP contribution >= 0.6 is 0 Å². The highest BCUT2D eigenvalue weighted by Gasteiger charge is 2.19. The number of benzene rings is 1. The third kappa shape index (κ3) is 4.14. The zero-order valence-corrected chi connectivity index (χ0v) is 15.5. The van der Waals surface area contributed by atoms with Gasteiger partial charge in [-0.05, 0) is 45.0 Å². The van der Waals surface area contributed by atoms with E-state index in [2.05, 4.69) is 10.3 Å². The zero-order chi connectivity index (χ0) is 20.5. The quantitative estimate of drug-likeness (QED) is 0.416. The maximum atomic E-state index is 12.8. The molecule has 0 aliphatic rings. The Hall–Kier alpha value is -3.75. The normalized spacial score (nSPS) is 11.2. The minimum atomic E-state index is -0.639. The lowest BCUT2D eigenvalue weighted by atomic mass is 10.1. The molecular formula is C19H18N4O5. The molecule has 0 radical (unpaired) electrons. The summed E-state index contributed by atoms with van der Waals surface area (Å²) in [4.78, 5) is 39.1. The van der Waals surface area contributed by atoms with Crippen molar-refractivity contribution in [2.45, 2.75) is 26.4 Å². The van der Waals surface area contributed by atoms with E-state index in [9.17, 15) is 19.7 Å². The van der Waals surface area contributed by atoms with E-state index in [0.717, 1.165) is 0 Å². The maximum absolute atomic E-state index is 12.8. The molecule has 0 fully saturated rings. The number of ketones is 1. The van der Waals surface area contributed by atoms with Gasteiger partial charge in [-0.2, -0.15) is 0 Å². The number of nitrogens with zero attached hydrogens (tertiary/aromatic N) is 3. The van der Waals surface area contributed by atoms with Gasteiger partial charge in [0.2, 0.25) is 5.78 Å². The van der Waals surface area contributed by atoms with E-state index in [1.165, 1.54) is 34.9 Å². The van der Waals surface area contributed by atoms with Crippen molar-refractivity contribution in [3.63, 3.8) is 0 Å². The molecule has 1 N–H and O–H groups in total. The number of hydrogen-bond donors (Lipinski definition) is 1. The van der Waals surface area contributed by atoms with Gasteiger partial charge in [0.05, 0.1) is 22.3 Å². The van der Waals surface area contributed by atoms with E-state index in [-0.39, 0.29) is 17.1 Å². The standard InChI is InChI=1S/C19H18N4O5/c1-19(2,3)28-18(25)21-13-6-9-15-10-20-17(22(15)11-13)16(24)12-4-7-14(8-5-12)23(26)27/h4-11H,1-3H3,(H,21,25). The predicted molar refractivity (Wildman–Crippen MR) is 102 cm³/mol. The molecule has 1 aromatic carbocycles. The smallest absolute Gasteiger partial charge is 0.412 e. The number of pyridine rings is 1. The van der Waals surface area contributed by atoms with Gasteiger partial charge in [-0.1, -0.05) is 0 Å². The van der Waals surface area contributed by atoms with Crippen LogP contribution in [0.15, 0.2) is 48.8 Å². The van der Waals surface area contributed by atoms with Gasteiger partial charge in [0, 0.05) is 23.9 Å². The second kappa shape index (κ2) is 7.10. The average molecular weight is 382 g/mol. The summed E-state index contributed by atoms with van der Waals surface area (Å²) in [6.07, 6.45) is 2.47. The summed E-state index contributed by atoms with van der Waals surface area (Å²) in [5.74, 6) is -0.277. The van der Waals surface area contributed by atoms with Gasteiger partial charge in [0.1, 0.15) is 5.60 Å². The number of non-ortho nitro benzene ring substituents is 1. The molecule has 0 bridgehead atoms. The van der Waals surface area contributed by atoms with Crippen LogP contribution in [0.25, 0.3) is 5.52 Å². The van der Waals surface area contributed by atoms with Gasteiger partial charge >= 0.3 is 6.09 Å². The van der Waals surface area contributed by atoms with Gasteiger partial charge in [-0.25, -0.2) is 9.78 Å². The fourth-order valence-electron chi connectivity index (χ4n) is 2.52. The maximum Gasteiger partial charge on any atom is 0.412 e. The topological polar surface area (TPSA) is 116 Å². The highest BCUT2D eigenvalue weighted by Crippen LogP contribution is 2.19. The Balaban J connectivity index is 1.88. The summed E-state index contributed by atoms with van der Waals surface area (Å²) in [5.41, 5.74) is 0.606. The van der Waals surface area contributed by atoms with Crippen molar-refractivity contribution in [1.29, 1.82) is 0 Å². The summed E-state index contributed by atoms with van der Waals surface area (Å²) < 4.78 is 6.75. The van der Waals surface area contributed by atoms with Crippen LogP contribution in [0.5, 0.6) is 0 Å². The zero-order valence-electron chi connectivity index (χ0n) is 15.5. The molecular weight excluding hydrogens is 364 g/mol. The third-order valence-electron chi connectivity index (χ3n) is 3.72. The van der Waals surface area contributed by atoms with E-state index in [0.29, 0.717) is 11.2 Å². The number of nitro groups is 1. The highest BCUT2D eigenvalue weighted by molar-refractivity contribution is 6.07. The number of fused-ring (bicyclic) bond motifs is 1. The summed E-state index contributed by atoms with van der Waals surface area (Å²) >= 11 is 0. The number of carbonyl (C=O) groups is 2. The molecule has 3 aromatic rings. The Morgan fingerprint density at radius 3 is 2.43 bits per heavy atom. The molecule has 9 nitrogen and oxygen atoms in total. The van der Waals surface area contributed by atoms with E-state index < -0.39 is 22.4 Å². The summed E-state index contributed by atoms with van der Waals surface area (Å²) in [5, 5.41) is 13.4. The molecule has 144 valence electrons. The van der Waals surface area contributed by atoms with Crippen molar-refractivity contribution < 1.29 is 19.2 Å². The Morgan fingerprint density at radius 2 is 1.82 bits per heavy atom. The Bertz CT molecular complexity index is 1060. The first-order chi connectivity index (χ1) is 13.1. The lowest BCUT2D eigenvalue weighted by Gasteiger charge is -2.19. The Kier molecular flexibility index (Phi) is 4.83. The van der Waals surface area contributed by atoms with Gasteiger partial charge in [0.25, 0.3) is 5.69 Å². The van der Waals surface area contributed by atoms with Crippen LogP contribution < -0.4 is 5.32 Å². The average Bonchev–Trinajstić information content (AvgIpc) is 3.02. The number of rotatable bonds is 4. The lowest BCUT2D eigenvalue weighted by molar-refractivity contribution is -0.384. The Morgan fingerprint density at radius 1 is 1.14 bits per heavy atom.